The Bertz CT molecular complexity index is 644. The molecule has 1 aliphatic heterocycles. The molecule has 3 rings (SSSR count). The minimum atomic E-state index is -0.108. The molecule has 2 N–H and O–H groups in total. The van der Waals surface area contributed by atoms with Crippen molar-refractivity contribution >= 4 is 23.2 Å². The lowest BCUT2D eigenvalue weighted by Gasteiger charge is -2.30. The van der Waals surface area contributed by atoms with E-state index in [1.807, 2.05) is 24.3 Å². The third-order valence-corrected chi connectivity index (χ3v) is 4.61. The largest absolute Gasteiger partial charge is 0.372 e. The second-order valence-corrected chi connectivity index (χ2v) is 6.17. The predicted octanol–water partition coefficient (Wildman–Crippen LogP) is 4.18. The normalized spacial score (nSPS) is 19.1. The van der Waals surface area contributed by atoms with Gasteiger partial charge in [-0.3, -0.25) is 0 Å². The fourth-order valence-corrected chi connectivity index (χ4v) is 3.15. The molecule has 0 spiro atoms. The topological polar surface area (TPSA) is 35.2 Å². The van der Waals surface area contributed by atoms with Gasteiger partial charge in [0, 0.05) is 6.04 Å². The van der Waals surface area contributed by atoms with Crippen molar-refractivity contribution in [2.24, 2.45) is 5.73 Å². The van der Waals surface area contributed by atoms with Crippen LogP contribution in [0.25, 0.3) is 0 Å². The highest BCUT2D eigenvalue weighted by Crippen LogP contribution is 2.31. The third kappa shape index (κ3) is 3.24. The molecule has 0 saturated carbocycles. The number of hydrogen-bond donors (Lipinski definition) is 1. The SMILES string of the molecule is NC(Cc1ccc(Cl)c(Cl)c1)C1OCCc2ccccc21. The molecule has 0 saturated heterocycles. The number of ether oxygens (including phenoxy) is 1. The van der Waals surface area contributed by atoms with Gasteiger partial charge in [0.15, 0.2) is 0 Å². The molecular weight excluding hydrogens is 305 g/mol. The van der Waals surface area contributed by atoms with Crippen LogP contribution >= 0.6 is 23.2 Å². The van der Waals surface area contributed by atoms with E-state index in [9.17, 15) is 0 Å². The fraction of sp³-hybridized carbons (Fsp3) is 0.294. The number of fused-ring (bicyclic) bond motifs is 1. The molecule has 0 bridgehead atoms. The Morgan fingerprint density at radius 1 is 1.14 bits per heavy atom. The van der Waals surface area contributed by atoms with Crippen molar-refractivity contribution in [3.05, 3.63) is 69.2 Å². The van der Waals surface area contributed by atoms with Gasteiger partial charge in [0.05, 0.1) is 22.8 Å². The maximum atomic E-state index is 6.38. The van der Waals surface area contributed by atoms with Crippen LogP contribution in [-0.2, 0) is 17.6 Å². The summed E-state index contributed by atoms with van der Waals surface area (Å²) in [5.41, 5.74) is 9.99. The third-order valence-electron chi connectivity index (χ3n) is 3.87. The molecule has 0 fully saturated rings. The quantitative estimate of drug-likeness (QED) is 0.920. The Hall–Kier alpha value is -1.06. The van der Waals surface area contributed by atoms with Crippen molar-refractivity contribution in [3.8, 4) is 0 Å². The lowest BCUT2D eigenvalue weighted by atomic mass is 9.91. The first kappa shape index (κ1) is 14.9. The van der Waals surface area contributed by atoms with Crippen LogP contribution in [0.5, 0.6) is 0 Å². The van der Waals surface area contributed by atoms with Crippen molar-refractivity contribution in [2.75, 3.05) is 6.61 Å². The molecule has 0 aliphatic carbocycles. The Kier molecular flexibility index (Phi) is 4.51. The summed E-state index contributed by atoms with van der Waals surface area (Å²) in [6.07, 6.45) is 1.59. The van der Waals surface area contributed by atoms with E-state index in [1.54, 1.807) is 0 Å². The van der Waals surface area contributed by atoms with Gasteiger partial charge in [0.1, 0.15) is 0 Å². The zero-order valence-electron chi connectivity index (χ0n) is 11.6. The van der Waals surface area contributed by atoms with Crippen LogP contribution in [0.1, 0.15) is 22.8 Å². The van der Waals surface area contributed by atoms with Crippen molar-refractivity contribution in [1.82, 2.24) is 0 Å². The highest BCUT2D eigenvalue weighted by Gasteiger charge is 2.26. The first-order valence-corrected chi connectivity index (χ1v) is 7.79. The van der Waals surface area contributed by atoms with Crippen LogP contribution in [0, 0.1) is 0 Å². The van der Waals surface area contributed by atoms with Crippen molar-refractivity contribution in [2.45, 2.75) is 25.0 Å². The van der Waals surface area contributed by atoms with E-state index in [0.29, 0.717) is 16.5 Å². The fourth-order valence-electron chi connectivity index (χ4n) is 2.83. The van der Waals surface area contributed by atoms with Crippen molar-refractivity contribution in [3.63, 3.8) is 0 Å². The number of benzene rings is 2. The second-order valence-electron chi connectivity index (χ2n) is 5.36. The maximum absolute atomic E-state index is 6.38. The number of rotatable bonds is 3. The van der Waals surface area contributed by atoms with E-state index in [1.165, 1.54) is 11.1 Å². The lowest BCUT2D eigenvalue weighted by molar-refractivity contribution is 0.0246. The molecule has 0 radical (unpaired) electrons. The smallest absolute Gasteiger partial charge is 0.0981 e. The first-order valence-electron chi connectivity index (χ1n) is 7.04. The highest BCUT2D eigenvalue weighted by atomic mass is 35.5. The monoisotopic (exact) mass is 321 g/mol. The van der Waals surface area contributed by atoms with E-state index in [4.69, 9.17) is 33.7 Å². The second kappa shape index (κ2) is 6.37. The predicted molar refractivity (Wildman–Crippen MR) is 87.0 cm³/mol. The van der Waals surface area contributed by atoms with Gasteiger partial charge >= 0.3 is 0 Å². The number of halogens is 2. The average molecular weight is 322 g/mol. The van der Waals surface area contributed by atoms with Crippen LogP contribution in [0.2, 0.25) is 10.0 Å². The molecule has 2 atom stereocenters. The Balaban J connectivity index is 1.80. The van der Waals surface area contributed by atoms with E-state index < -0.39 is 0 Å². The van der Waals surface area contributed by atoms with Gasteiger partial charge in [-0.25, -0.2) is 0 Å². The van der Waals surface area contributed by atoms with Gasteiger partial charge in [-0.05, 0) is 41.7 Å². The summed E-state index contributed by atoms with van der Waals surface area (Å²) in [4.78, 5) is 0. The molecular formula is C17H17Cl2NO. The minimum Gasteiger partial charge on any atom is -0.372 e. The number of nitrogens with two attached hydrogens (primary N) is 1. The Morgan fingerprint density at radius 2 is 1.95 bits per heavy atom. The minimum absolute atomic E-state index is 0.0654. The van der Waals surface area contributed by atoms with E-state index in [-0.39, 0.29) is 12.1 Å². The summed E-state index contributed by atoms with van der Waals surface area (Å²) >= 11 is 12.0. The maximum Gasteiger partial charge on any atom is 0.0981 e. The van der Waals surface area contributed by atoms with Crippen LogP contribution in [0.4, 0.5) is 0 Å². The molecule has 1 aliphatic rings. The van der Waals surface area contributed by atoms with Gasteiger partial charge in [-0.2, -0.15) is 0 Å². The van der Waals surface area contributed by atoms with Crippen LogP contribution in [-0.4, -0.2) is 12.6 Å². The summed E-state index contributed by atoms with van der Waals surface area (Å²) in [7, 11) is 0. The molecule has 2 unspecified atom stereocenters. The standard InChI is InChI=1S/C17H17Cl2NO/c18-14-6-5-11(9-15(14)19)10-16(20)17-13-4-2-1-3-12(13)7-8-21-17/h1-6,9,16-17H,7-8,10,20H2. The summed E-state index contributed by atoms with van der Waals surface area (Å²) < 4.78 is 5.91. The molecule has 2 aromatic carbocycles. The zero-order valence-corrected chi connectivity index (χ0v) is 13.1. The van der Waals surface area contributed by atoms with E-state index in [2.05, 4.69) is 18.2 Å². The zero-order chi connectivity index (χ0) is 14.8. The summed E-state index contributed by atoms with van der Waals surface area (Å²) in [5, 5.41) is 1.12. The van der Waals surface area contributed by atoms with Crippen molar-refractivity contribution in [1.29, 1.82) is 0 Å². The Morgan fingerprint density at radius 3 is 2.76 bits per heavy atom. The summed E-state index contributed by atoms with van der Waals surface area (Å²) in [5.74, 6) is 0. The lowest BCUT2D eigenvalue weighted by Crippen LogP contribution is -2.35. The first-order chi connectivity index (χ1) is 10.1. The molecule has 0 amide bonds. The van der Waals surface area contributed by atoms with Crippen LogP contribution < -0.4 is 5.73 Å². The van der Waals surface area contributed by atoms with Crippen molar-refractivity contribution < 1.29 is 4.74 Å². The molecule has 21 heavy (non-hydrogen) atoms. The number of hydrogen-bond acceptors (Lipinski definition) is 2. The van der Waals surface area contributed by atoms with E-state index in [0.717, 1.165) is 18.6 Å². The Labute approximate surface area is 134 Å². The van der Waals surface area contributed by atoms with Crippen LogP contribution in [0.3, 0.4) is 0 Å². The van der Waals surface area contributed by atoms with Gasteiger partial charge in [0.2, 0.25) is 0 Å². The van der Waals surface area contributed by atoms with Gasteiger partial charge in [-0.15, -0.1) is 0 Å². The molecule has 2 nitrogen and oxygen atoms in total. The van der Waals surface area contributed by atoms with E-state index >= 15 is 0 Å². The molecule has 0 aromatic heterocycles. The van der Waals surface area contributed by atoms with Gasteiger partial charge in [0.25, 0.3) is 0 Å². The van der Waals surface area contributed by atoms with Crippen LogP contribution in [0.15, 0.2) is 42.5 Å². The molecule has 2 aromatic rings. The molecule has 4 heteroatoms. The molecule has 1 heterocycles. The average Bonchev–Trinajstić information content (AvgIpc) is 2.50. The van der Waals surface area contributed by atoms with Gasteiger partial charge in [-0.1, -0.05) is 53.5 Å². The summed E-state index contributed by atoms with van der Waals surface area (Å²) in [6, 6.07) is 13.9. The summed E-state index contributed by atoms with van der Waals surface area (Å²) in [6.45, 7) is 0.719. The van der Waals surface area contributed by atoms with Gasteiger partial charge < -0.3 is 10.5 Å². The molecule has 110 valence electrons. The highest BCUT2D eigenvalue weighted by molar-refractivity contribution is 6.42.